The summed E-state index contributed by atoms with van der Waals surface area (Å²) in [5.74, 6) is -0.122. The molecular formula is C17H20FN3O2. The van der Waals surface area contributed by atoms with Gasteiger partial charge in [0.25, 0.3) is 0 Å². The average Bonchev–Trinajstić information content (AvgIpc) is 2.50. The number of anilines is 1. The maximum absolute atomic E-state index is 14.0. The van der Waals surface area contributed by atoms with Gasteiger partial charge in [-0.2, -0.15) is 0 Å². The monoisotopic (exact) mass is 317 g/mol. The fourth-order valence-corrected chi connectivity index (χ4v) is 2.03. The molecule has 1 heterocycles. The molecule has 5 nitrogen and oxygen atoms in total. The van der Waals surface area contributed by atoms with E-state index < -0.39 is 11.8 Å². The molecule has 1 atom stereocenters. The van der Waals surface area contributed by atoms with Crippen LogP contribution in [0.4, 0.5) is 14.9 Å². The van der Waals surface area contributed by atoms with Crippen molar-refractivity contribution in [3.05, 3.63) is 54.1 Å². The molecule has 1 unspecified atom stereocenters. The van der Waals surface area contributed by atoms with E-state index >= 15 is 0 Å². The number of ether oxygens (including phenoxy) is 1. The lowest BCUT2D eigenvalue weighted by molar-refractivity contribution is 0.241. The van der Waals surface area contributed by atoms with E-state index in [9.17, 15) is 9.18 Å². The predicted molar refractivity (Wildman–Crippen MR) is 87.0 cm³/mol. The van der Waals surface area contributed by atoms with Crippen LogP contribution >= 0.6 is 0 Å². The van der Waals surface area contributed by atoms with Gasteiger partial charge in [0.1, 0.15) is 11.6 Å². The molecule has 2 aromatic rings. The predicted octanol–water partition coefficient (Wildman–Crippen LogP) is 3.89. The van der Waals surface area contributed by atoms with Crippen molar-refractivity contribution in [1.82, 2.24) is 10.3 Å². The van der Waals surface area contributed by atoms with Gasteiger partial charge < -0.3 is 15.4 Å². The zero-order valence-corrected chi connectivity index (χ0v) is 13.3. The second-order valence-corrected chi connectivity index (χ2v) is 5.41. The number of hydrogen-bond donors (Lipinski definition) is 2. The SMILES string of the molecule is CC(C)Oc1ccc(NC(=O)NC(C)c2ccncc2)c(F)c1. The van der Waals surface area contributed by atoms with Gasteiger partial charge in [0, 0.05) is 18.5 Å². The normalized spacial score (nSPS) is 11.9. The summed E-state index contributed by atoms with van der Waals surface area (Å²) in [5, 5.41) is 5.24. The van der Waals surface area contributed by atoms with Gasteiger partial charge in [0.05, 0.1) is 17.8 Å². The quantitative estimate of drug-likeness (QED) is 0.879. The number of benzene rings is 1. The molecule has 122 valence electrons. The number of aromatic nitrogens is 1. The van der Waals surface area contributed by atoms with Gasteiger partial charge in [-0.15, -0.1) is 0 Å². The largest absolute Gasteiger partial charge is 0.491 e. The second kappa shape index (κ2) is 7.58. The third kappa shape index (κ3) is 4.95. The lowest BCUT2D eigenvalue weighted by Crippen LogP contribution is -2.31. The highest BCUT2D eigenvalue weighted by molar-refractivity contribution is 5.89. The Bertz CT molecular complexity index is 662. The van der Waals surface area contributed by atoms with Crippen LogP contribution in [0.15, 0.2) is 42.7 Å². The molecule has 0 aliphatic rings. The number of urea groups is 1. The zero-order chi connectivity index (χ0) is 16.8. The van der Waals surface area contributed by atoms with Gasteiger partial charge in [-0.3, -0.25) is 4.98 Å². The van der Waals surface area contributed by atoms with Crippen molar-refractivity contribution < 1.29 is 13.9 Å². The molecule has 0 radical (unpaired) electrons. The first kappa shape index (κ1) is 16.7. The van der Waals surface area contributed by atoms with E-state index in [1.165, 1.54) is 12.1 Å². The first-order chi connectivity index (χ1) is 11.0. The summed E-state index contributed by atoms with van der Waals surface area (Å²) in [6.07, 6.45) is 3.26. The van der Waals surface area contributed by atoms with E-state index in [-0.39, 0.29) is 17.8 Å². The highest BCUT2D eigenvalue weighted by Gasteiger charge is 2.12. The van der Waals surface area contributed by atoms with Crippen molar-refractivity contribution in [1.29, 1.82) is 0 Å². The number of amides is 2. The van der Waals surface area contributed by atoms with E-state index in [2.05, 4.69) is 15.6 Å². The first-order valence-electron chi connectivity index (χ1n) is 7.39. The van der Waals surface area contributed by atoms with Gasteiger partial charge in [-0.1, -0.05) is 0 Å². The molecule has 6 heteroatoms. The second-order valence-electron chi connectivity index (χ2n) is 5.41. The van der Waals surface area contributed by atoms with Crippen LogP contribution in [0.25, 0.3) is 0 Å². The first-order valence-corrected chi connectivity index (χ1v) is 7.39. The summed E-state index contributed by atoms with van der Waals surface area (Å²) >= 11 is 0. The summed E-state index contributed by atoms with van der Waals surface area (Å²) in [4.78, 5) is 15.9. The number of halogens is 1. The van der Waals surface area contributed by atoms with Crippen LogP contribution in [0.2, 0.25) is 0 Å². The third-order valence-electron chi connectivity index (χ3n) is 3.11. The molecular weight excluding hydrogens is 297 g/mol. The fraction of sp³-hybridized carbons (Fsp3) is 0.294. The number of pyridine rings is 1. The van der Waals surface area contributed by atoms with E-state index in [4.69, 9.17) is 4.74 Å². The molecule has 1 aromatic heterocycles. The molecule has 0 spiro atoms. The van der Waals surface area contributed by atoms with Gasteiger partial charge in [-0.25, -0.2) is 9.18 Å². The molecule has 2 N–H and O–H groups in total. The lowest BCUT2D eigenvalue weighted by Gasteiger charge is -2.16. The minimum Gasteiger partial charge on any atom is -0.491 e. The van der Waals surface area contributed by atoms with Crippen LogP contribution in [-0.4, -0.2) is 17.1 Å². The maximum Gasteiger partial charge on any atom is 0.319 e. The van der Waals surface area contributed by atoms with Gasteiger partial charge in [-0.05, 0) is 50.6 Å². The Hall–Kier alpha value is -2.63. The molecule has 23 heavy (non-hydrogen) atoms. The van der Waals surface area contributed by atoms with Crippen LogP contribution in [-0.2, 0) is 0 Å². The molecule has 0 bridgehead atoms. The number of nitrogens with one attached hydrogen (secondary N) is 2. The van der Waals surface area contributed by atoms with Gasteiger partial charge >= 0.3 is 6.03 Å². The van der Waals surface area contributed by atoms with Gasteiger partial charge in [0.2, 0.25) is 0 Å². The number of carbonyl (C=O) groups is 1. The van der Waals surface area contributed by atoms with Crippen LogP contribution in [0.1, 0.15) is 32.4 Å². The van der Waals surface area contributed by atoms with Crippen molar-refractivity contribution in [2.24, 2.45) is 0 Å². The van der Waals surface area contributed by atoms with Crippen molar-refractivity contribution in [3.63, 3.8) is 0 Å². The summed E-state index contributed by atoms with van der Waals surface area (Å²) in [5.41, 5.74) is 1.01. The molecule has 0 aliphatic carbocycles. The Balaban J connectivity index is 1.97. The number of nitrogens with zero attached hydrogens (tertiary/aromatic N) is 1. The minimum absolute atomic E-state index is 0.0438. The van der Waals surface area contributed by atoms with Crippen molar-refractivity contribution in [2.45, 2.75) is 32.9 Å². The average molecular weight is 317 g/mol. The smallest absolute Gasteiger partial charge is 0.319 e. The Labute approximate surface area is 134 Å². The molecule has 0 aliphatic heterocycles. The summed E-state index contributed by atoms with van der Waals surface area (Å²) in [7, 11) is 0. The topological polar surface area (TPSA) is 63.2 Å². The summed E-state index contributed by atoms with van der Waals surface area (Å²) in [6, 6.07) is 7.26. The van der Waals surface area contributed by atoms with Crippen molar-refractivity contribution >= 4 is 11.7 Å². The molecule has 0 fully saturated rings. The molecule has 0 saturated carbocycles. The van der Waals surface area contributed by atoms with Crippen molar-refractivity contribution in [2.75, 3.05) is 5.32 Å². The molecule has 0 saturated heterocycles. The lowest BCUT2D eigenvalue weighted by atomic mass is 10.1. The summed E-state index contributed by atoms with van der Waals surface area (Å²) in [6.45, 7) is 5.56. The van der Waals surface area contributed by atoms with Crippen LogP contribution in [0.3, 0.4) is 0 Å². The standard InChI is InChI=1S/C17H20FN3O2/c1-11(2)23-14-4-5-16(15(18)10-14)21-17(22)20-12(3)13-6-8-19-9-7-13/h4-12H,1-3H3,(H2,20,21,22). The Morgan fingerprint density at radius 1 is 1.17 bits per heavy atom. The summed E-state index contributed by atoms with van der Waals surface area (Å²) < 4.78 is 19.4. The zero-order valence-electron chi connectivity index (χ0n) is 13.3. The Morgan fingerprint density at radius 3 is 2.48 bits per heavy atom. The fourth-order valence-electron chi connectivity index (χ4n) is 2.03. The molecule has 1 aromatic carbocycles. The van der Waals surface area contributed by atoms with Gasteiger partial charge in [0.15, 0.2) is 0 Å². The molecule has 2 amide bonds. The maximum atomic E-state index is 14.0. The van der Waals surface area contributed by atoms with E-state index in [0.29, 0.717) is 5.75 Å². The Morgan fingerprint density at radius 2 is 1.87 bits per heavy atom. The third-order valence-corrected chi connectivity index (χ3v) is 3.11. The Kier molecular flexibility index (Phi) is 5.51. The molecule has 2 rings (SSSR count). The number of hydrogen-bond acceptors (Lipinski definition) is 3. The van der Waals surface area contributed by atoms with Crippen LogP contribution in [0, 0.1) is 5.82 Å². The van der Waals surface area contributed by atoms with E-state index in [1.54, 1.807) is 18.5 Å². The van der Waals surface area contributed by atoms with Crippen LogP contribution < -0.4 is 15.4 Å². The number of rotatable bonds is 5. The number of carbonyl (C=O) groups excluding carboxylic acids is 1. The van der Waals surface area contributed by atoms with Crippen LogP contribution in [0.5, 0.6) is 5.75 Å². The highest BCUT2D eigenvalue weighted by Crippen LogP contribution is 2.21. The van der Waals surface area contributed by atoms with E-state index in [0.717, 1.165) is 5.56 Å². The van der Waals surface area contributed by atoms with Crippen molar-refractivity contribution in [3.8, 4) is 5.75 Å². The van der Waals surface area contributed by atoms with E-state index in [1.807, 2.05) is 32.9 Å². The minimum atomic E-state index is -0.546. The highest BCUT2D eigenvalue weighted by atomic mass is 19.1.